The number of hydrogen-bond donors (Lipinski definition) is 0. The largest absolute Gasteiger partial charge is 0.395 e. The highest BCUT2D eigenvalue weighted by Crippen LogP contribution is 2.18. The Hall–Kier alpha value is -1.06. The molecule has 0 spiro atoms. The van der Waals surface area contributed by atoms with Crippen molar-refractivity contribution in [2.75, 3.05) is 0 Å². The van der Waals surface area contributed by atoms with Gasteiger partial charge in [0.25, 0.3) is 0 Å². The lowest BCUT2D eigenvalue weighted by Crippen LogP contribution is -2.34. The van der Waals surface area contributed by atoms with Crippen LogP contribution in [0, 0.1) is 0 Å². The lowest BCUT2D eigenvalue weighted by molar-refractivity contribution is -0.700. The molecule has 0 N–H and O–H groups in total. The topological polar surface area (TPSA) is 3.88 Å². The Morgan fingerprint density at radius 3 is 2.08 bits per heavy atom. The normalized spacial score (nSPS) is 11.6. The molecule has 0 unspecified atom stereocenters. The zero-order valence-electron chi connectivity index (χ0n) is 6.38. The monoisotopic (exact) mass is 176 g/mol. The number of aryl methyl sites for hydroxylation is 1. The first kappa shape index (κ1) is 9.03. The minimum absolute atomic E-state index is 0.00958. The highest BCUT2D eigenvalue weighted by Gasteiger charge is 2.28. The molecule has 1 heterocycles. The van der Waals surface area contributed by atoms with E-state index in [1.807, 2.05) is 0 Å². The zero-order valence-corrected chi connectivity index (χ0v) is 6.38. The van der Waals surface area contributed by atoms with Crippen LogP contribution in [0.1, 0.15) is 6.42 Å². The molecule has 0 radical (unpaired) electrons. The van der Waals surface area contributed by atoms with E-state index < -0.39 is 12.6 Å². The summed E-state index contributed by atoms with van der Waals surface area (Å²) in [6.07, 6.45) is -1.61. The summed E-state index contributed by atoms with van der Waals surface area (Å²) in [5.74, 6) is 0. The van der Waals surface area contributed by atoms with Crippen molar-refractivity contribution in [1.29, 1.82) is 0 Å². The smallest absolute Gasteiger partial charge is 0.205 e. The van der Waals surface area contributed by atoms with E-state index in [0.29, 0.717) is 0 Å². The third-order valence-electron chi connectivity index (χ3n) is 1.43. The molecule has 0 saturated heterocycles. The summed E-state index contributed by atoms with van der Waals surface area (Å²) in [5.41, 5.74) is 0. The number of rotatable bonds is 2. The minimum atomic E-state index is -4.07. The molecule has 1 rings (SSSR count). The number of aromatic nitrogens is 1. The molecule has 0 aromatic carbocycles. The quantitative estimate of drug-likeness (QED) is 0.606. The average molecular weight is 176 g/mol. The van der Waals surface area contributed by atoms with Crippen molar-refractivity contribution in [3.8, 4) is 0 Å². The van der Waals surface area contributed by atoms with E-state index in [2.05, 4.69) is 0 Å². The van der Waals surface area contributed by atoms with Gasteiger partial charge in [0.05, 0.1) is 0 Å². The van der Waals surface area contributed by atoms with E-state index in [-0.39, 0.29) is 6.54 Å². The molecule has 0 aliphatic rings. The van der Waals surface area contributed by atoms with E-state index in [4.69, 9.17) is 0 Å². The Bertz CT molecular complexity index is 230. The summed E-state index contributed by atoms with van der Waals surface area (Å²) >= 11 is 0. The van der Waals surface area contributed by atoms with Crippen LogP contribution >= 0.6 is 0 Å². The summed E-state index contributed by atoms with van der Waals surface area (Å²) in [6.45, 7) is -0.00958. The van der Waals surface area contributed by atoms with Gasteiger partial charge in [0.1, 0.15) is 6.42 Å². The minimum Gasteiger partial charge on any atom is -0.205 e. The Balaban J connectivity index is 2.44. The van der Waals surface area contributed by atoms with Gasteiger partial charge in [0.2, 0.25) is 0 Å². The van der Waals surface area contributed by atoms with Crippen LogP contribution in [0.2, 0.25) is 0 Å². The second-order valence-corrected chi connectivity index (χ2v) is 2.48. The van der Waals surface area contributed by atoms with Gasteiger partial charge in [-0.3, -0.25) is 0 Å². The van der Waals surface area contributed by atoms with Crippen molar-refractivity contribution in [2.45, 2.75) is 19.1 Å². The molecule has 1 aromatic rings. The van der Waals surface area contributed by atoms with Crippen LogP contribution in [0.3, 0.4) is 0 Å². The molecule has 0 bridgehead atoms. The van der Waals surface area contributed by atoms with Crippen molar-refractivity contribution < 1.29 is 17.7 Å². The SMILES string of the molecule is FC(F)(F)CC[n+]1ccccc1. The van der Waals surface area contributed by atoms with Crippen LogP contribution in [-0.4, -0.2) is 6.18 Å². The molecule has 0 amide bonds. The molecule has 0 aliphatic heterocycles. The van der Waals surface area contributed by atoms with Gasteiger partial charge in [-0.15, -0.1) is 0 Å². The maximum absolute atomic E-state index is 11.7. The Labute approximate surface area is 68.5 Å². The Morgan fingerprint density at radius 2 is 1.58 bits per heavy atom. The number of pyridine rings is 1. The molecular formula is C8H9F3N+. The molecule has 0 atom stereocenters. The van der Waals surface area contributed by atoms with Gasteiger partial charge in [-0.05, 0) is 0 Å². The summed E-state index contributed by atoms with van der Waals surface area (Å²) in [7, 11) is 0. The molecule has 0 aliphatic carbocycles. The maximum Gasteiger partial charge on any atom is 0.395 e. The van der Waals surface area contributed by atoms with E-state index in [9.17, 15) is 13.2 Å². The zero-order chi connectivity index (χ0) is 9.03. The first-order valence-corrected chi connectivity index (χ1v) is 3.59. The molecule has 66 valence electrons. The van der Waals surface area contributed by atoms with Crippen LogP contribution in [-0.2, 0) is 6.54 Å². The van der Waals surface area contributed by atoms with Crippen LogP contribution in [0.15, 0.2) is 30.6 Å². The van der Waals surface area contributed by atoms with E-state index in [1.54, 1.807) is 30.6 Å². The highest BCUT2D eigenvalue weighted by atomic mass is 19.4. The number of hydrogen-bond acceptors (Lipinski definition) is 0. The third-order valence-corrected chi connectivity index (χ3v) is 1.43. The standard InChI is InChI=1S/C8H9F3N/c9-8(10,11)4-7-12-5-2-1-3-6-12/h1-3,5-6H,4,7H2/q+1. The van der Waals surface area contributed by atoms with Gasteiger partial charge in [-0.2, -0.15) is 13.2 Å². The van der Waals surface area contributed by atoms with Crippen molar-refractivity contribution in [1.82, 2.24) is 0 Å². The Morgan fingerprint density at radius 1 is 1.00 bits per heavy atom. The predicted molar refractivity (Wildman–Crippen MR) is 37.3 cm³/mol. The number of alkyl halides is 3. The third kappa shape index (κ3) is 3.37. The average Bonchev–Trinajstić information content (AvgIpc) is 2.02. The van der Waals surface area contributed by atoms with Gasteiger partial charge in [0, 0.05) is 12.1 Å². The fourth-order valence-electron chi connectivity index (χ4n) is 0.839. The second kappa shape index (κ2) is 3.56. The van der Waals surface area contributed by atoms with Crippen LogP contribution in [0.25, 0.3) is 0 Å². The van der Waals surface area contributed by atoms with Crippen LogP contribution < -0.4 is 4.57 Å². The molecule has 0 saturated carbocycles. The number of halogens is 3. The predicted octanol–water partition coefficient (Wildman–Crippen LogP) is 1.93. The van der Waals surface area contributed by atoms with Crippen LogP contribution in [0.4, 0.5) is 13.2 Å². The first-order valence-electron chi connectivity index (χ1n) is 3.59. The van der Waals surface area contributed by atoms with Crippen molar-refractivity contribution in [3.05, 3.63) is 30.6 Å². The van der Waals surface area contributed by atoms with Crippen molar-refractivity contribution in [2.24, 2.45) is 0 Å². The molecule has 4 heteroatoms. The van der Waals surface area contributed by atoms with Gasteiger partial charge in [-0.1, -0.05) is 6.07 Å². The number of nitrogens with zero attached hydrogens (tertiary/aromatic N) is 1. The summed E-state index contributed by atoms with van der Waals surface area (Å²) in [6, 6.07) is 5.18. The molecule has 12 heavy (non-hydrogen) atoms. The van der Waals surface area contributed by atoms with Gasteiger partial charge in [-0.25, -0.2) is 4.57 Å². The molecule has 1 aromatic heterocycles. The summed E-state index contributed by atoms with van der Waals surface area (Å²) in [5, 5.41) is 0. The first-order chi connectivity index (χ1) is 5.58. The molecular weight excluding hydrogens is 167 g/mol. The van der Waals surface area contributed by atoms with Crippen molar-refractivity contribution in [3.63, 3.8) is 0 Å². The van der Waals surface area contributed by atoms with E-state index in [1.165, 1.54) is 4.57 Å². The lowest BCUT2D eigenvalue weighted by Gasteiger charge is -2.01. The fraction of sp³-hybridized carbons (Fsp3) is 0.375. The maximum atomic E-state index is 11.7. The summed E-state index contributed by atoms with van der Waals surface area (Å²) in [4.78, 5) is 0. The molecule has 0 fully saturated rings. The van der Waals surface area contributed by atoms with Crippen LogP contribution in [0.5, 0.6) is 0 Å². The fourth-order valence-corrected chi connectivity index (χ4v) is 0.839. The van der Waals surface area contributed by atoms with Gasteiger partial charge < -0.3 is 0 Å². The van der Waals surface area contributed by atoms with Gasteiger partial charge >= 0.3 is 6.18 Å². The van der Waals surface area contributed by atoms with Gasteiger partial charge in [0.15, 0.2) is 18.9 Å². The molecule has 1 nitrogen and oxygen atoms in total. The second-order valence-electron chi connectivity index (χ2n) is 2.48. The Kier molecular flexibility index (Phi) is 2.68. The summed E-state index contributed by atoms with van der Waals surface area (Å²) < 4.78 is 36.7. The van der Waals surface area contributed by atoms with E-state index in [0.717, 1.165) is 0 Å². The van der Waals surface area contributed by atoms with E-state index >= 15 is 0 Å². The lowest BCUT2D eigenvalue weighted by atomic mass is 10.4. The highest BCUT2D eigenvalue weighted by molar-refractivity contribution is 4.83. The van der Waals surface area contributed by atoms with Crippen molar-refractivity contribution >= 4 is 0 Å².